The Hall–Kier alpha value is -1.66. The number of nitrogen functional groups attached to an aromatic ring is 1. The summed E-state index contributed by atoms with van der Waals surface area (Å²) in [4.78, 5) is 17.8. The molecule has 94 valence electrons. The van der Waals surface area contributed by atoms with E-state index in [4.69, 9.17) is 5.84 Å². The van der Waals surface area contributed by atoms with Crippen LogP contribution in [0.3, 0.4) is 0 Å². The number of nitrogens with zero attached hydrogens (tertiary/aromatic N) is 2. The summed E-state index contributed by atoms with van der Waals surface area (Å²) >= 11 is 0. The molecule has 0 saturated heterocycles. The van der Waals surface area contributed by atoms with Gasteiger partial charge in [-0.2, -0.15) is 0 Å². The Morgan fingerprint density at radius 3 is 2.88 bits per heavy atom. The van der Waals surface area contributed by atoms with Gasteiger partial charge in [-0.25, -0.2) is 0 Å². The SMILES string of the molecule is CC(CNC(=O)c1cnccc1NN)N(C)C. The molecule has 1 unspecified atom stereocenters. The Kier molecular flexibility index (Phi) is 4.86. The second kappa shape index (κ2) is 6.17. The minimum atomic E-state index is -0.181. The van der Waals surface area contributed by atoms with E-state index in [1.807, 2.05) is 25.9 Å². The standard InChI is InChI=1S/C11H19N5O/c1-8(16(2)3)6-14-11(17)9-7-13-5-4-10(9)15-12/h4-5,7-8H,6,12H2,1-3H3,(H,13,15)(H,14,17). The average molecular weight is 237 g/mol. The number of likely N-dealkylation sites (N-methyl/N-ethyl adjacent to an activating group) is 1. The minimum Gasteiger partial charge on any atom is -0.350 e. The first-order valence-electron chi connectivity index (χ1n) is 5.41. The number of aromatic nitrogens is 1. The van der Waals surface area contributed by atoms with Gasteiger partial charge in [-0.1, -0.05) is 0 Å². The lowest BCUT2D eigenvalue weighted by Crippen LogP contribution is -2.38. The van der Waals surface area contributed by atoms with Crippen LogP contribution in [-0.4, -0.2) is 42.5 Å². The fraction of sp³-hybridized carbons (Fsp3) is 0.455. The summed E-state index contributed by atoms with van der Waals surface area (Å²) in [7, 11) is 3.93. The third kappa shape index (κ3) is 3.69. The van der Waals surface area contributed by atoms with Crippen LogP contribution in [-0.2, 0) is 0 Å². The molecule has 6 nitrogen and oxygen atoms in total. The third-order valence-electron chi connectivity index (χ3n) is 2.66. The highest BCUT2D eigenvalue weighted by Crippen LogP contribution is 2.11. The van der Waals surface area contributed by atoms with Gasteiger partial charge in [-0.05, 0) is 27.1 Å². The van der Waals surface area contributed by atoms with E-state index in [0.717, 1.165) is 0 Å². The quantitative estimate of drug-likeness (QED) is 0.498. The topological polar surface area (TPSA) is 83.3 Å². The van der Waals surface area contributed by atoms with Gasteiger partial charge >= 0.3 is 0 Å². The summed E-state index contributed by atoms with van der Waals surface area (Å²) in [6.45, 7) is 2.61. The van der Waals surface area contributed by atoms with E-state index < -0.39 is 0 Å². The van der Waals surface area contributed by atoms with Crippen molar-refractivity contribution >= 4 is 11.6 Å². The van der Waals surface area contributed by atoms with Crippen molar-refractivity contribution in [3.05, 3.63) is 24.0 Å². The van der Waals surface area contributed by atoms with Gasteiger partial charge in [0.05, 0.1) is 11.3 Å². The normalized spacial score (nSPS) is 12.3. The van der Waals surface area contributed by atoms with Gasteiger partial charge in [0.2, 0.25) is 0 Å². The molecule has 1 rings (SSSR count). The molecule has 17 heavy (non-hydrogen) atoms. The lowest BCUT2D eigenvalue weighted by atomic mass is 10.2. The van der Waals surface area contributed by atoms with Crippen molar-refractivity contribution < 1.29 is 4.79 Å². The lowest BCUT2D eigenvalue weighted by Gasteiger charge is -2.20. The van der Waals surface area contributed by atoms with Gasteiger partial charge in [-0.15, -0.1) is 0 Å². The zero-order chi connectivity index (χ0) is 12.8. The monoisotopic (exact) mass is 237 g/mol. The van der Waals surface area contributed by atoms with Crippen LogP contribution >= 0.6 is 0 Å². The molecule has 1 amide bonds. The Morgan fingerprint density at radius 1 is 1.59 bits per heavy atom. The highest BCUT2D eigenvalue weighted by atomic mass is 16.1. The van der Waals surface area contributed by atoms with Crippen molar-refractivity contribution in [3.8, 4) is 0 Å². The molecule has 0 saturated carbocycles. The Bertz CT molecular complexity index is 380. The maximum atomic E-state index is 11.9. The van der Waals surface area contributed by atoms with E-state index in [1.54, 1.807) is 12.3 Å². The highest BCUT2D eigenvalue weighted by molar-refractivity contribution is 5.99. The van der Waals surface area contributed by atoms with Crippen molar-refractivity contribution in [3.63, 3.8) is 0 Å². The first-order chi connectivity index (χ1) is 8.06. The molecule has 0 aliphatic rings. The second-order valence-electron chi connectivity index (χ2n) is 4.09. The molecule has 6 heteroatoms. The van der Waals surface area contributed by atoms with E-state index in [2.05, 4.69) is 15.7 Å². The third-order valence-corrected chi connectivity index (χ3v) is 2.66. The number of carbonyl (C=O) groups excluding carboxylic acids is 1. The Morgan fingerprint density at radius 2 is 2.29 bits per heavy atom. The molecule has 0 aliphatic heterocycles. The molecule has 1 aromatic rings. The predicted molar refractivity (Wildman–Crippen MR) is 67.5 cm³/mol. The van der Waals surface area contributed by atoms with Crippen molar-refractivity contribution in [1.29, 1.82) is 0 Å². The number of carbonyl (C=O) groups is 1. The van der Waals surface area contributed by atoms with Gasteiger partial charge in [-0.3, -0.25) is 15.6 Å². The molecular formula is C11H19N5O. The Balaban J connectivity index is 2.64. The molecular weight excluding hydrogens is 218 g/mol. The van der Waals surface area contributed by atoms with Crippen molar-refractivity contribution in [2.75, 3.05) is 26.1 Å². The summed E-state index contributed by atoms with van der Waals surface area (Å²) in [5, 5.41) is 2.84. The number of amides is 1. The molecule has 0 spiro atoms. The van der Waals surface area contributed by atoms with Crippen LogP contribution in [0.2, 0.25) is 0 Å². The van der Waals surface area contributed by atoms with Crippen LogP contribution in [0.4, 0.5) is 5.69 Å². The van der Waals surface area contributed by atoms with E-state index >= 15 is 0 Å². The van der Waals surface area contributed by atoms with E-state index in [1.165, 1.54) is 6.20 Å². The molecule has 0 aromatic carbocycles. The second-order valence-corrected chi connectivity index (χ2v) is 4.09. The number of hydrazine groups is 1. The van der Waals surface area contributed by atoms with Gasteiger partial charge in [0, 0.05) is 25.0 Å². The number of anilines is 1. The fourth-order valence-electron chi connectivity index (χ4n) is 1.22. The number of hydrogen-bond donors (Lipinski definition) is 3. The number of nitrogens with two attached hydrogens (primary N) is 1. The van der Waals surface area contributed by atoms with Crippen LogP contribution in [0.25, 0.3) is 0 Å². The number of nitrogens with one attached hydrogen (secondary N) is 2. The summed E-state index contributed by atoms with van der Waals surface area (Å²) in [6, 6.07) is 1.93. The van der Waals surface area contributed by atoms with Gasteiger partial charge in [0.1, 0.15) is 0 Å². The molecule has 0 bridgehead atoms. The fourth-order valence-corrected chi connectivity index (χ4v) is 1.22. The van der Waals surface area contributed by atoms with E-state index in [0.29, 0.717) is 17.8 Å². The van der Waals surface area contributed by atoms with Crippen LogP contribution in [0.5, 0.6) is 0 Å². The Labute approximate surface area is 101 Å². The summed E-state index contributed by atoms with van der Waals surface area (Å²) in [6.07, 6.45) is 3.07. The predicted octanol–water partition coefficient (Wildman–Crippen LogP) is 0.0471. The zero-order valence-corrected chi connectivity index (χ0v) is 10.4. The minimum absolute atomic E-state index is 0.181. The van der Waals surface area contributed by atoms with Crippen LogP contribution < -0.4 is 16.6 Å². The molecule has 0 radical (unpaired) electrons. The molecule has 1 atom stereocenters. The maximum Gasteiger partial charge on any atom is 0.255 e. The van der Waals surface area contributed by atoms with Crippen LogP contribution in [0.1, 0.15) is 17.3 Å². The van der Waals surface area contributed by atoms with E-state index in [9.17, 15) is 4.79 Å². The van der Waals surface area contributed by atoms with Crippen molar-refractivity contribution in [2.45, 2.75) is 13.0 Å². The molecule has 0 fully saturated rings. The van der Waals surface area contributed by atoms with Gasteiger partial charge in [0.15, 0.2) is 0 Å². The van der Waals surface area contributed by atoms with Crippen molar-refractivity contribution in [2.24, 2.45) is 5.84 Å². The van der Waals surface area contributed by atoms with Crippen LogP contribution in [0, 0.1) is 0 Å². The maximum absolute atomic E-state index is 11.9. The zero-order valence-electron chi connectivity index (χ0n) is 10.4. The molecule has 1 heterocycles. The number of hydrogen-bond acceptors (Lipinski definition) is 5. The first-order valence-corrected chi connectivity index (χ1v) is 5.41. The highest BCUT2D eigenvalue weighted by Gasteiger charge is 2.12. The smallest absolute Gasteiger partial charge is 0.255 e. The molecule has 0 aliphatic carbocycles. The number of rotatable bonds is 5. The average Bonchev–Trinajstić information content (AvgIpc) is 2.35. The molecule has 1 aromatic heterocycles. The van der Waals surface area contributed by atoms with Gasteiger partial charge in [0.25, 0.3) is 5.91 Å². The first kappa shape index (κ1) is 13.4. The summed E-state index contributed by atoms with van der Waals surface area (Å²) < 4.78 is 0. The van der Waals surface area contributed by atoms with E-state index in [-0.39, 0.29) is 11.9 Å². The largest absolute Gasteiger partial charge is 0.350 e. The molecule has 4 N–H and O–H groups in total. The summed E-state index contributed by atoms with van der Waals surface area (Å²) in [5.41, 5.74) is 3.49. The number of pyridine rings is 1. The van der Waals surface area contributed by atoms with Crippen molar-refractivity contribution in [1.82, 2.24) is 15.2 Å². The summed E-state index contributed by atoms with van der Waals surface area (Å²) in [5.74, 6) is 5.15. The van der Waals surface area contributed by atoms with Gasteiger partial charge < -0.3 is 15.6 Å². The van der Waals surface area contributed by atoms with Crippen LogP contribution in [0.15, 0.2) is 18.5 Å². The lowest BCUT2D eigenvalue weighted by molar-refractivity contribution is 0.0944.